The molecule has 10 heavy (non-hydrogen) atoms. The molecule has 0 heterocycles. The van der Waals surface area contributed by atoms with Gasteiger partial charge >= 0.3 is 6.09 Å². The van der Waals surface area contributed by atoms with Gasteiger partial charge in [0.15, 0.2) is 0 Å². The van der Waals surface area contributed by atoms with Crippen molar-refractivity contribution in [1.82, 2.24) is 5.23 Å². The minimum atomic E-state index is -0.767. The van der Waals surface area contributed by atoms with Gasteiger partial charge in [-0.2, -0.15) is 0 Å². The molecule has 0 aliphatic carbocycles. The lowest BCUT2D eigenvalue weighted by molar-refractivity contribution is 0.157. The molecule has 54 valence electrons. The second-order valence-electron chi connectivity index (χ2n) is 2.02. The molecule has 0 aromatic rings. The van der Waals surface area contributed by atoms with Gasteiger partial charge in [-0.3, -0.25) is 4.84 Å². The fourth-order valence-electron chi connectivity index (χ4n) is 0.226. The summed E-state index contributed by atoms with van der Waals surface area (Å²) in [5, 5.41) is 5.09. The highest BCUT2D eigenvalue weighted by Crippen LogP contribution is 1.85. The molecule has 1 N–H and O–H groups in total. The van der Waals surface area contributed by atoms with Crippen LogP contribution in [0.4, 0.5) is 4.79 Å². The Bertz CT molecular complexity index is 136. The van der Waals surface area contributed by atoms with Crippen LogP contribution in [0.5, 0.6) is 0 Å². The number of oxime groups is 1. The van der Waals surface area contributed by atoms with Crippen LogP contribution in [-0.4, -0.2) is 20.3 Å². The third-order valence-electron chi connectivity index (χ3n) is 0.612. The average molecular weight is 140 g/mol. The molecule has 1 amide bonds. The lowest BCUT2D eigenvalue weighted by atomic mass is 10.3. The Morgan fingerprint density at radius 1 is 1.80 bits per heavy atom. The van der Waals surface area contributed by atoms with Crippen molar-refractivity contribution < 1.29 is 9.63 Å². The molecule has 0 spiro atoms. The Morgan fingerprint density at radius 3 is 2.80 bits per heavy atom. The van der Waals surface area contributed by atoms with Crippen LogP contribution in [0.2, 0.25) is 0 Å². The van der Waals surface area contributed by atoms with Crippen LogP contribution in [0.3, 0.4) is 0 Å². The molecule has 0 unspecified atom stereocenters. The number of nitrogens with one attached hydrogen (secondary N) is 1. The molecule has 0 bridgehead atoms. The van der Waals surface area contributed by atoms with Gasteiger partial charge in [-0.25, -0.2) is 4.79 Å². The first-order chi connectivity index (χ1) is 4.66. The van der Waals surface area contributed by atoms with E-state index in [0.29, 0.717) is 0 Å². The maximum Gasteiger partial charge on any atom is 0.420 e. The number of hydrogen-bond acceptors (Lipinski definition) is 3. The number of carbonyl (C=O) groups is 1. The Labute approximate surface area is 61.0 Å². The van der Waals surface area contributed by atoms with Crippen molar-refractivity contribution in [2.24, 2.45) is 11.1 Å². The fourth-order valence-corrected chi connectivity index (χ4v) is 0.226. The van der Waals surface area contributed by atoms with E-state index in [0.717, 1.165) is 0 Å². The fraction of sp³-hybridized carbons (Fsp3) is 0.600. The summed E-state index contributed by atoms with van der Waals surface area (Å²) >= 11 is 0. The molecule has 0 aliphatic rings. The molecule has 5 heteroatoms. The van der Waals surface area contributed by atoms with Crippen LogP contribution in [0.1, 0.15) is 13.8 Å². The lowest BCUT2D eigenvalue weighted by Gasteiger charge is -1.94. The molecule has 0 saturated carbocycles. The maximum atomic E-state index is 10.2. The SMILES string of the molecule is [B]NC(=O)O/N=C/C(C)C. The van der Waals surface area contributed by atoms with Crippen molar-refractivity contribution in [3.63, 3.8) is 0 Å². The van der Waals surface area contributed by atoms with Gasteiger partial charge in [0.1, 0.15) is 0 Å². The monoisotopic (exact) mass is 140 g/mol. The van der Waals surface area contributed by atoms with Gasteiger partial charge in [0.05, 0.1) is 0 Å². The molecule has 2 radical (unpaired) electrons. The Hall–Kier alpha value is -0.995. The van der Waals surface area contributed by atoms with Crippen LogP contribution >= 0.6 is 0 Å². The quantitative estimate of drug-likeness (QED) is 0.262. The average Bonchev–Trinajstić information content (AvgIpc) is 1.87. The summed E-state index contributed by atoms with van der Waals surface area (Å²) in [5.41, 5.74) is 0. The number of hydrogen-bond donors (Lipinski definition) is 1. The summed E-state index contributed by atoms with van der Waals surface area (Å²) in [5.74, 6) is 0.255. The largest absolute Gasteiger partial charge is 0.420 e. The summed E-state index contributed by atoms with van der Waals surface area (Å²) in [6.07, 6.45) is 0.729. The van der Waals surface area contributed by atoms with Crippen LogP contribution in [0, 0.1) is 5.92 Å². The van der Waals surface area contributed by atoms with Crippen LogP contribution in [0.15, 0.2) is 5.16 Å². The number of rotatable bonds is 2. The zero-order valence-corrected chi connectivity index (χ0v) is 6.00. The summed E-state index contributed by atoms with van der Waals surface area (Å²) < 4.78 is 0. The Morgan fingerprint density at radius 2 is 2.40 bits per heavy atom. The highest BCUT2D eigenvalue weighted by molar-refractivity contribution is 6.12. The first-order valence-electron chi connectivity index (χ1n) is 2.88. The molecular formula is C5H9BN2O2. The standard InChI is InChI=1S/C5H9BN2O2/c1-4(2)3-7-10-5(9)8-6/h3-4H,1-2H3,(H,8,9)/b7-3+. The third-order valence-corrected chi connectivity index (χ3v) is 0.612. The van der Waals surface area contributed by atoms with Crippen LogP contribution in [0.25, 0.3) is 0 Å². The van der Waals surface area contributed by atoms with Gasteiger partial charge in [0.25, 0.3) is 0 Å². The molecule has 0 rings (SSSR count). The van der Waals surface area contributed by atoms with Crippen molar-refractivity contribution >= 4 is 20.3 Å². The van der Waals surface area contributed by atoms with E-state index in [-0.39, 0.29) is 5.92 Å². The van der Waals surface area contributed by atoms with E-state index in [2.05, 4.69) is 9.99 Å². The molecular weight excluding hydrogens is 131 g/mol. The van der Waals surface area contributed by atoms with E-state index in [1.54, 1.807) is 5.23 Å². The normalized spacial score (nSPS) is 10.3. The molecule has 0 fully saturated rings. The Balaban J connectivity index is 3.43. The van der Waals surface area contributed by atoms with Crippen LogP contribution < -0.4 is 5.23 Å². The summed E-state index contributed by atoms with van der Waals surface area (Å²) in [6, 6.07) is 0. The van der Waals surface area contributed by atoms with Crippen LogP contribution in [-0.2, 0) is 4.84 Å². The predicted molar refractivity (Wildman–Crippen MR) is 38.7 cm³/mol. The molecule has 0 aromatic heterocycles. The Kier molecular flexibility index (Phi) is 4.36. The molecule has 0 saturated heterocycles. The van der Waals surface area contributed by atoms with Gasteiger partial charge in [-0.15, -0.1) is 0 Å². The summed E-state index contributed by atoms with van der Waals surface area (Å²) in [7, 11) is 4.69. The predicted octanol–water partition coefficient (Wildman–Crippen LogP) is 0.438. The van der Waals surface area contributed by atoms with E-state index in [1.807, 2.05) is 13.8 Å². The van der Waals surface area contributed by atoms with E-state index in [4.69, 9.17) is 7.98 Å². The minimum Gasteiger partial charge on any atom is -0.374 e. The highest BCUT2D eigenvalue weighted by Gasteiger charge is 1.92. The number of amides is 1. The van der Waals surface area contributed by atoms with Crippen molar-refractivity contribution in [3.8, 4) is 0 Å². The van der Waals surface area contributed by atoms with Gasteiger partial charge < -0.3 is 5.23 Å². The highest BCUT2D eigenvalue weighted by atomic mass is 16.7. The first-order valence-corrected chi connectivity index (χ1v) is 2.88. The number of nitrogens with zero attached hydrogens (tertiary/aromatic N) is 1. The molecule has 0 aliphatic heterocycles. The molecule has 0 atom stereocenters. The van der Waals surface area contributed by atoms with Gasteiger partial charge in [0, 0.05) is 6.21 Å². The maximum absolute atomic E-state index is 10.2. The first kappa shape index (κ1) is 9.00. The summed E-state index contributed by atoms with van der Waals surface area (Å²) in [6.45, 7) is 3.82. The van der Waals surface area contributed by atoms with E-state index < -0.39 is 6.09 Å². The number of carbonyl (C=O) groups excluding carboxylic acids is 1. The smallest absolute Gasteiger partial charge is 0.374 e. The topological polar surface area (TPSA) is 50.7 Å². The van der Waals surface area contributed by atoms with Gasteiger partial charge in [-0.05, 0) is 5.92 Å². The zero-order valence-electron chi connectivity index (χ0n) is 6.00. The summed E-state index contributed by atoms with van der Waals surface area (Å²) in [4.78, 5) is 14.4. The second-order valence-corrected chi connectivity index (χ2v) is 2.02. The minimum absolute atomic E-state index is 0.255. The van der Waals surface area contributed by atoms with Crippen molar-refractivity contribution in [2.75, 3.05) is 0 Å². The third kappa shape index (κ3) is 5.15. The second kappa shape index (κ2) is 4.84. The van der Waals surface area contributed by atoms with Crippen molar-refractivity contribution in [1.29, 1.82) is 0 Å². The van der Waals surface area contributed by atoms with E-state index in [9.17, 15) is 4.79 Å². The van der Waals surface area contributed by atoms with Gasteiger partial charge in [0.2, 0.25) is 7.98 Å². The molecule has 4 nitrogen and oxygen atoms in total. The van der Waals surface area contributed by atoms with E-state index >= 15 is 0 Å². The van der Waals surface area contributed by atoms with E-state index in [1.165, 1.54) is 6.21 Å². The van der Waals surface area contributed by atoms with Crippen molar-refractivity contribution in [3.05, 3.63) is 0 Å². The lowest BCUT2D eigenvalue weighted by Crippen LogP contribution is -2.18. The van der Waals surface area contributed by atoms with Crippen molar-refractivity contribution in [2.45, 2.75) is 13.8 Å². The van der Waals surface area contributed by atoms with Gasteiger partial charge in [-0.1, -0.05) is 19.0 Å². The zero-order chi connectivity index (χ0) is 7.98. The molecule has 0 aromatic carbocycles.